The number of nitrogens with one attached hydrogen (secondary N) is 1. The molecule has 2 atom stereocenters. The van der Waals surface area contributed by atoms with Crippen molar-refractivity contribution < 1.29 is 0 Å². The summed E-state index contributed by atoms with van der Waals surface area (Å²) in [6.45, 7) is 8.81. The molecule has 0 radical (unpaired) electrons. The van der Waals surface area contributed by atoms with E-state index >= 15 is 0 Å². The van der Waals surface area contributed by atoms with Crippen molar-refractivity contribution in [1.82, 2.24) is 5.32 Å². The van der Waals surface area contributed by atoms with Gasteiger partial charge in [-0.3, -0.25) is 0 Å². The first-order valence-corrected chi connectivity index (χ1v) is 7.62. The van der Waals surface area contributed by atoms with Crippen molar-refractivity contribution in [3.8, 4) is 0 Å². The van der Waals surface area contributed by atoms with Crippen molar-refractivity contribution in [2.75, 3.05) is 18.0 Å². The van der Waals surface area contributed by atoms with Gasteiger partial charge in [0.2, 0.25) is 0 Å². The van der Waals surface area contributed by atoms with Crippen molar-refractivity contribution in [2.45, 2.75) is 32.9 Å². The lowest BCUT2D eigenvalue weighted by atomic mass is 9.99. The Morgan fingerprint density at radius 1 is 1.44 bits per heavy atom. The van der Waals surface area contributed by atoms with E-state index in [1.165, 1.54) is 5.69 Å². The van der Waals surface area contributed by atoms with Crippen LogP contribution in [0.15, 0.2) is 22.7 Å². The van der Waals surface area contributed by atoms with Gasteiger partial charge >= 0.3 is 0 Å². The lowest BCUT2D eigenvalue weighted by Gasteiger charge is -2.42. The zero-order valence-corrected chi connectivity index (χ0v) is 13.4. The minimum Gasteiger partial charge on any atom is -0.365 e. The molecular formula is C14H20BrClN2. The van der Waals surface area contributed by atoms with Gasteiger partial charge in [0.15, 0.2) is 0 Å². The molecule has 0 amide bonds. The van der Waals surface area contributed by atoms with Crippen LogP contribution in [0.4, 0.5) is 5.69 Å². The first-order valence-electron chi connectivity index (χ1n) is 6.44. The van der Waals surface area contributed by atoms with E-state index in [2.05, 4.69) is 53.0 Å². The highest BCUT2D eigenvalue weighted by atomic mass is 79.9. The predicted molar refractivity (Wildman–Crippen MR) is 82.6 cm³/mol. The van der Waals surface area contributed by atoms with Gasteiger partial charge in [-0.25, -0.2) is 0 Å². The summed E-state index contributed by atoms with van der Waals surface area (Å²) < 4.78 is 1.00. The SMILES string of the molecule is CC(C)C1CN(c2cccc(Cl)c2Br)C(C)CN1. The van der Waals surface area contributed by atoms with E-state index < -0.39 is 0 Å². The highest BCUT2D eigenvalue weighted by molar-refractivity contribution is 9.10. The standard InChI is InChI=1S/C14H20BrClN2/c1-9(2)12-8-18(10(3)7-17-12)13-6-4-5-11(16)14(13)15/h4-6,9-10,12,17H,7-8H2,1-3H3. The summed E-state index contributed by atoms with van der Waals surface area (Å²) in [4.78, 5) is 2.44. The lowest BCUT2D eigenvalue weighted by molar-refractivity contribution is 0.337. The number of hydrogen-bond acceptors (Lipinski definition) is 2. The smallest absolute Gasteiger partial charge is 0.0595 e. The Hall–Kier alpha value is -0.250. The van der Waals surface area contributed by atoms with E-state index in [-0.39, 0.29) is 0 Å². The summed E-state index contributed by atoms with van der Waals surface area (Å²) in [5, 5.41) is 4.39. The maximum absolute atomic E-state index is 6.19. The number of rotatable bonds is 2. The summed E-state index contributed by atoms with van der Waals surface area (Å²) in [5.74, 6) is 0.637. The van der Waals surface area contributed by atoms with Crippen molar-refractivity contribution in [1.29, 1.82) is 0 Å². The third-order valence-corrected chi connectivity index (χ3v) is 5.02. The molecule has 0 spiro atoms. The fraction of sp³-hybridized carbons (Fsp3) is 0.571. The average Bonchev–Trinajstić information content (AvgIpc) is 2.33. The quantitative estimate of drug-likeness (QED) is 0.883. The Bertz CT molecular complexity index is 422. The molecule has 18 heavy (non-hydrogen) atoms. The predicted octanol–water partition coefficient (Wildman–Crippen LogP) is 3.93. The molecule has 1 aromatic rings. The van der Waals surface area contributed by atoms with E-state index in [4.69, 9.17) is 11.6 Å². The Morgan fingerprint density at radius 2 is 2.17 bits per heavy atom. The van der Waals surface area contributed by atoms with Crippen LogP contribution in [0.5, 0.6) is 0 Å². The van der Waals surface area contributed by atoms with Gasteiger partial charge in [-0.1, -0.05) is 31.5 Å². The average molecular weight is 332 g/mol. The Kier molecular flexibility index (Phi) is 4.57. The summed E-state index contributed by atoms with van der Waals surface area (Å²) in [6, 6.07) is 7.08. The monoisotopic (exact) mass is 330 g/mol. The zero-order valence-electron chi connectivity index (χ0n) is 11.1. The van der Waals surface area contributed by atoms with Crippen LogP contribution >= 0.6 is 27.5 Å². The van der Waals surface area contributed by atoms with Crippen molar-refractivity contribution in [3.05, 3.63) is 27.7 Å². The molecule has 100 valence electrons. The molecule has 0 bridgehead atoms. The Labute approximate surface area is 123 Å². The number of hydrogen-bond donors (Lipinski definition) is 1. The summed E-state index contributed by atoms with van der Waals surface area (Å²) in [6.07, 6.45) is 0. The van der Waals surface area contributed by atoms with Gasteiger partial charge in [-0.05, 0) is 40.9 Å². The molecule has 2 unspecified atom stereocenters. The molecule has 2 rings (SSSR count). The van der Waals surface area contributed by atoms with Gasteiger partial charge in [-0.15, -0.1) is 0 Å². The molecule has 4 heteroatoms. The molecule has 0 aromatic heterocycles. The third kappa shape index (κ3) is 2.84. The van der Waals surface area contributed by atoms with Crippen LogP contribution in [0, 0.1) is 5.92 Å². The molecular weight excluding hydrogens is 312 g/mol. The van der Waals surface area contributed by atoms with Gasteiger partial charge in [0.25, 0.3) is 0 Å². The molecule has 0 aliphatic carbocycles. The van der Waals surface area contributed by atoms with E-state index in [9.17, 15) is 0 Å². The van der Waals surface area contributed by atoms with Crippen LogP contribution < -0.4 is 10.2 Å². The summed E-state index contributed by atoms with van der Waals surface area (Å²) in [5.41, 5.74) is 1.20. The van der Waals surface area contributed by atoms with E-state index in [0.29, 0.717) is 18.0 Å². The van der Waals surface area contributed by atoms with E-state index in [1.54, 1.807) is 0 Å². The normalized spacial score (nSPS) is 24.7. The highest BCUT2D eigenvalue weighted by Gasteiger charge is 2.28. The first-order chi connectivity index (χ1) is 8.50. The summed E-state index contributed by atoms with van der Waals surface area (Å²) >= 11 is 9.80. The minimum absolute atomic E-state index is 0.481. The molecule has 1 N–H and O–H groups in total. The van der Waals surface area contributed by atoms with Gasteiger partial charge in [0.1, 0.15) is 0 Å². The van der Waals surface area contributed by atoms with Gasteiger partial charge in [0.05, 0.1) is 15.2 Å². The fourth-order valence-corrected chi connectivity index (χ4v) is 3.05. The van der Waals surface area contributed by atoms with Crippen molar-refractivity contribution in [3.63, 3.8) is 0 Å². The van der Waals surface area contributed by atoms with Gasteiger partial charge in [0, 0.05) is 25.2 Å². The van der Waals surface area contributed by atoms with Crippen LogP contribution in [0.25, 0.3) is 0 Å². The van der Waals surface area contributed by atoms with Gasteiger partial charge in [-0.2, -0.15) is 0 Å². The summed E-state index contributed by atoms with van der Waals surface area (Å²) in [7, 11) is 0. The van der Waals surface area contributed by atoms with Crippen molar-refractivity contribution in [2.24, 2.45) is 5.92 Å². The maximum atomic E-state index is 6.19. The topological polar surface area (TPSA) is 15.3 Å². The fourth-order valence-electron chi connectivity index (χ4n) is 2.39. The van der Waals surface area contributed by atoms with Crippen molar-refractivity contribution >= 4 is 33.2 Å². The Morgan fingerprint density at radius 3 is 2.83 bits per heavy atom. The molecule has 0 saturated carbocycles. The number of benzene rings is 1. The molecule has 1 aliphatic rings. The zero-order chi connectivity index (χ0) is 13.3. The van der Waals surface area contributed by atoms with Crippen LogP contribution in [0.1, 0.15) is 20.8 Å². The molecule has 1 aliphatic heterocycles. The molecule has 2 nitrogen and oxygen atoms in total. The maximum Gasteiger partial charge on any atom is 0.0595 e. The largest absolute Gasteiger partial charge is 0.365 e. The van der Waals surface area contributed by atoms with Crippen LogP contribution in [-0.2, 0) is 0 Å². The third-order valence-electron chi connectivity index (χ3n) is 3.65. The highest BCUT2D eigenvalue weighted by Crippen LogP contribution is 2.34. The first kappa shape index (κ1) is 14.2. The number of halogens is 2. The lowest BCUT2D eigenvalue weighted by Crippen LogP contribution is -2.57. The van der Waals surface area contributed by atoms with E-state index in [0.717, 1.165) is 22.6 Å². The Balaban J connectivity index is 2.27. The van der Waals surface area contributed by atoms with Crippen LogP contribution in [-0.4, -0.2) is 25.2 Å². The molecule has 1 heterocycles. The van der Waals surface area contributed by atoms with E-state index in [1.807, 2.05) is 12.1 Å². The molecule has 1 aromatic carbocycles. The molecule has 1 saturated heterocycles. The van der Waals surface area contributed by atoms with Gasteiger partial charge < -0.3 is 10.2 Å². The van der Waals surface area contributed by atoms with Crippen LogP contribution in [0.2, 0.25) is 5.02 Å². The second kappa shape index (κ2) is 5.81. The number of piperazine rings is 1. The second-order valence-electron chi connectivity index (χ2n) is 5.33. The minimum atomic E-state index is 0.481. The second-order valence-corrected chi connectivity index (χ2v) is 6.53. The van der Waals surface area contributed by atoms with Crippen LogP contribution in [0.3, 0.4) is 0 Å². The molecule has 1 fully saturated rings. The number of anilines is 1. The number of nitrogens with zero attached hydrogens (tertiary/aromatic N) is 1.